The van der Waals surface area contributed by atoms with Crippen molar-refractivity contribution in [3.05, 3.63) is 29.8 Å². The van der Waals surface area contributed by atoms with Crippen LogP contribution in [0.1, 0.15) is 30.6 Å². The van der Waals surface area contributed by atoms with Gasteiger partial charge in [-0.05, 0) is 30.2 Å². The molecule has 98 valence electrons. The van der Waals surface area contributed by atoms with Gasteiger partial charge in [-0.3, -0.25) is 4.79 Å². The first-order chi connectivity index (χ1) is 8.45. The zero-order valence-corrected chi connectivity index (χ0v) is 10.5. The highest BCUT2D eigenvalue weighted by molar-refractivity contribution is 5.95. The second kappa shape index (κ2) is 6.16. The van der Waals surface area contributed by atoms with Crippen molar-refractivity contribution in [3.63, 3.8) is 0 Å². The molecule has 0 bridgehead atoms. The molecule has 0 aliphatic carbocycles. The van der Waals surface area contributed by atoms with E-state index in [1.54, 1.807) is 12.1 Å². The standard InChI is InChI=1S/C13H18N2O3/c1-3-8(2)11(14)12(16)15-10-6-4-9(5-7-10)13(17)18/h4-8,11H,3,14H2,1-2H3,(H,15,16)(H,17,18)/t8-,11-/m0/s1. The van der Waals surface area contributed by atoms with E-state index >= 15 is 0 Å². The third-order valence-electron chi connectivity index (χ3n) is 2.96. The average Bonchev–Trinajstić information content (AvgIpc) is 2.37. The maximum atomic E-state index is 11.8. The molecule has 0 heterocycles. The number of nitrogens with two attached hydrogens (primary N) is 1. The molecule has 1 aromatic carbocycles. The van der Waals surface area contributed by atoms with Gasteiger partial charge in [0.05, 0.1) is 11.6 Å². The van der Waals surface area contributed by atoms with Crippen molar-refractivity contribution in [2.75, 3.05) is 5.32 Å². The molecule has 0 aliphatic heterocycles. The molecule has 0 saturated heterocycles. The Labute approximate surface area is 106 Å². The van der Waals surface area contributed by atoms with Crippen LogP contribution in [0, 0.1) is 5.92 Å². The molecule has 18 heavy (non-hydrogen) atoms. The molecule has 5 heteroatoms. The van der Waals surface area contributed by atoms with Crippen LogP contribution in [0.2, 0.25) is 0 Å². The van der Waals surface area contributed by atoms with Crippen molar-refractivity contribution in [2.45, 2.75) is 26.3 Å². The number of amides is 1. The first kappa shape index (κ1) is 14.2. The van der Waals surface area contributed by atoms with Crippen molar-refractivity contribution in [3.8, 4) is 0 Å². The Morgan fingerprint density at radius 2 is 1.89 bits per heavy atom. The second-order valence-electron chi connectivity index (χ2n) is 4.28. The van der Waals surface area contributed by atoms with E-state index in [-0.39, 0.29) is 17.4 Å². The number of carbonyl (C=O) groups is 2. The van der Waals surface area contributed by atoms with Gasteiger partial charge < -0.3 is 16.2 Å². The van der Waals surface area contributed by atoms with Gasteiger partial charge in [0.25, 0.3) is 0 Å². The molecule has 0 saturated carbocycles. The summed E-state index contributed by atoms with van der Waals surface area (Å²) in [6, 6.07) is 5.41. The maximum Gasteiger partial charge on any atom is 0.335 e. The molecule has 1 amide bonds. The smallest absolute Gasteiger partial charge is 0.335 e. The van der Waals surface area contributed by atoms with Crippen LogP contribution < -0.4 is 11.1 Å². The summed E-state index contributed by atoms with van der Waals surface area (Å²) in [4.78, 5) is 22.4. The number of aromatic carboxylic acids is 1. The first-order valence-corrected chi connectivity index (χ1v) is 5.85. The number of hydrogen-bond donors (Lipinski definition) is 3. The fourth-order valence-corrected chi connectivity index (χ4v) is 1.43. The molecule has 1 aromatic rings. The third-order valence-corrected chi connectivity index (χ3v) is 2.96. The van der Waals surface area contributed by atoms with Crippen LogP contribution >= 0.6 is 0 Å². The molecule has 0 aliphatic rings. The highest BCUT2D eigenvalue weighted by Gasteiger charge is 2.19. The lowest BCUT2D eigenvalue weighted by atomic mass is 9.99. The van der Waals surface area contributed by atoms with Crippen molar-refractivity contribution < 1.29 is 14.7 Å². The Morgan fingerprint density at radius 1 is 1.33 bits per heavy atom. The molecule has 0 aromatic heterocycles. The quantitative estimate of drug-likeness (QED) is 0.741. The predicted molar refractivity (Wildman–Crippen MR) is 69.5 cm³/mol. The van der Waals surface area contributed by atoms with E-state index in [0.717, 1.165) is 6.42 Å². The Morgan fingerprint density at radius 3 is 2.33 bits per heavy atom. The minimum Gasteiger partial charge on any atom is -0.478 e. The van der Waals surface area contributed by atoms with Crippen LogP contribution in [0.15, 0.2) is 24.3 Å². The van der Waals surface area contributed by atoms with Crippen molar-refractivity contribution in [1.82, 2.24) is 0 Å². The highest BCUT2D eigenvalue weighted by atomic mass is 16.4. The van der Waals surface area contributed by atoms with Gasteiger partial charge in [-0.15, -0.1) is 0 Å². The molecule has 0 spiro atoms. The maximum absolute atomic E-state index is 11.8. The summed E-state index contributed by atoms with van der Waals surface area (Å²) in [7, 11) is 0. The van der Waals surface area contributed by atoms with E-state index in [2.05, 4.69) is 5.32 Å². The summed E-state index contributed by atoms with van der Waals surface area (Å²) in [5.74, 6) is -1.15. The van der Waals surface area contributed by atoms with Crippen LogP contribution in [-0.4, -0.2) is 23.0 Å². The largest absolute Gasteiger partial charge is 0.478 e. The van der Waals surface area contributed by atoms with E-state index < -0.39 is 12.0 Å². The van der Waals surface area contributed by atoms with Crippen LogP contribution in [-0.2, 0) is 4.79 Å². The molecule has 2 atom stereocenters. The number of nitrogens with one attached hydrogen (secondary N) is 1. The topological polar surface area (TPSA) is 92.4 Å². The number of carboxylic acid groups (broad SMARTS) is 1. The summed E-state index contributed by atoms with van der Waals surface area (Å²) in [6.45, 7) is 3.89. The molecular formula is C13H18N2O3. The van der Waals surface area contributed by atoms with Crippen molar-refractivity contribution >= 4 is 17.6 Å². The molecule has 0 radical (unpaired) electrons. The summed E-state index contributed by atoms with van der Waals surface area (Å²) in [5.41, 5.74) is 6.52. The number of carbonyl (C=O) groups excluding carboxylic acids is 1. The minimum atomic E-state index is -0.996. The highest BCUT2D eigenvalue weighted by Crippen LogP contribution is 2.12. The van der Waals surface area contributed by atoms with Crippen molar-refractivity contribution in [1.29, 1.82) is 0 Å². The van der Waals surface area contributed by atoms with Crippen molar-refractivity contribution in [2.24, 2.45) is 11.7 Å². The predicted octanol–water partition coefficient (Wildman–Crippen LogP) is 1.70. The van der Waals surface area contributed by atoms with Crippen LogP contribution in [0.5, 0.6) is 0 Å². The number of rotatable bonds is 5. The molecular weight excluding hydrogens is 232 g/mol. The minimum absolute atomic E-state index is 0.100. The zero-order chi connectivity index (χ0) is 13.7. The molecule has 4 N–H and O–H groups in total. The SMILES string of the molecule is CC[C@H](C)[C@H](N)C(=O)Nc1ccc(C(=O)O)cc1. The number of benzene rings is 1. The monoisotopic (exact) mass is 250 g/mol. The van der Waals surface area contributed by atoms with E-state index in [4.69, 9.17) is 10.8 Å². The van der Waals surface area contributed by atoms with E-state index in [0.29, 0.717) is 5.69 Å². The summed E-state index contributed by atoms with van der Waals surface area (Å²) >= 11 is 0. The van der Waals surface area contributed by atoms with E-state index in [1.165, 1.54) is 12.1 Å². The normalized spacial score (nSPS) is 13.7. The van der Waals surface area contributed by atoms with Gasteiger partial charge in [0.1, 0.15) is 0 Å². The number of anilines is 1. The van der Waals surface area contributed by atoms with Crippen LogP contribution in [0.3, 0.4) is 0 Å². The van der Waals surface area contributed by atoms with Crippen LogP contribution in [0.25, 0.3) is 0 Å². The third kappa shape index (κ3) is 3.56. The summed E-state index contributed by atoms with van der Waals surface area (Å²) in [5, 5.41) is 11.4. The second-order valence-corrected chi connectivity index (χ2v) is 4.28. The molecule has 0 fully saturated rings. The van der Waals surface area contributed by atoms with Gasteiger partial charge in [-0.25, -0.2) is 4.79 Å². The summed E-state index contributed by atoms with van der Waals surface area (Å²) in [6.07, 6.45) is 0.826. The van der Waals surface area contributed by atoms with Gasteiger partial charge in [0, 0.05) is 5.69 Å². The number of carboxylic acids is 1. The molecule has 1 rings (SSSR count). The van der Waals surface area contributed by atoms with Gasteiger partial charge in [0.2, 0.25) is 5.91 Å². The lowest BCUT2D eigenvalue weighted by Gasteiger charge is -2.17. The van der Waals surface area contributed by atoms with Gasteiger partial charge in [-0.1, -0.05) is 20.3 Å². The summed E-state index contributed by atoms with van der Waals surface area (Å²) < 4.78 is 0. The zero-order valence-electron chi connectivity index (χ0n) is 10.5. The number of hydrogen-bond acceptors (Lipinski definition) is 3. The van der Waals surface area contributed by atoms with E-state index in [9.17, 15) is 9.59 Å². The Bertz CT molecular complexity index is 428. The van der Waals surface area contributed by atoms with Gasteiger partial charge >= 0.3 is 5.97 Å². The Balaban J connectivity index is 2.67. The fourth-order valence-electron chi connectivity index (χ4n) is 1.43. The van der Waals surface area contributed by atoms with Crippen LogP contribution in [0.4, 0.5) is 5.69 Å². The first-order valence-electron chi connectivity index (χ1n) is 5.85. The van der Waals surface area contributed by atoms with Gasteiger partial charge in [-0.2, -0.15) is 0 Å². The lowest BCUT2D eigenvalue weighted by molar-refractivity contribution is -0.118. The molecule has 5 nitrogen and oxygen atoms in total. The lowest BCUT2D eigenvalue weighted by Crippen LogP contribution is -2.40. The van der Waals surface area contributed by atoms with Gasteiger partial charge in [0.15, 0.2) is 0 Å². The van der Waals surface area contributed by atoms with E-state index in [1.807, 2.05) is 13.8 Å². The Kier molecular flexibility index (Phi) is 4.85. The molecule has 0 unspecified atom stereocenters. The Hall–Kier alpha value is -1.88. The fraction of sp³-hybridized carbons (Fsp3) is 0.385. The average molecular weight is 250 g/mol.